The van der Waals surface area contributed by atoms with Crippen molar-refractivity contribution in [3.05, 3.63) is 54.3 Å². The van der Waals surface area contributed by atoms with E-state index in [4.69, 9.17) is 9.47 Å². The van der Waals surface area contributed by atoms with Crippen LogP contribution in [-0.4, -0.2) is 38.3 Å². The van der Waals surface area contributed by atoms with Crippen LogP contribution in [0.15, 0.2) is 48.5 Å². The largest absolute Gasteiger partial charge is 0.482 e. The Hall–Kier alpha value is -2.76. The van der Waals surface area contributed by atoms with E-state index in [0.717, 1.165) is 0 Å². The van der Waals surface area contributed by atoms with Crippen LogP contribution < -0.4 is 19.7 Å². The highest BCUT2D eigenvalue weighted by molar-refractivity contribution is 5.82. The quantitative estimate of drug-likeness (QED) is 0.807. The Morgan fingerprint density at radius 1 is 1.12 bits per heavy atom. The van der Waals surface area contributed by atoms with Gasteiger partial charge in [0.05, 0.1) is 5.69 Å². The molecule has 0 aliphatic carbocycles. The minimum Gasteiger partial charge on any atom is -0.482 e. The minimum absolute atomic E-state index is 0.208. The van der Waals surface area contributed by atoms with Gasteiger partial charge in [-0.05, 0) is 37.6 Å². The van der Waals surface area contributed by atoms with Crippen molar-refractivity contribution in [1.82, 2.24) is 5.32 Å². The third-order valence-electron chi connectivity index (χ3n) is 4.33. The molecule has 0 saturated heterocycles. The molecule has 6 heteroatoms. The maximum atomic E-state index is 13.7. The van der Waals surface area contributed by atoms with E-state index in [2.05, 4.69) is 5.32 Å². The van der Waals surface area contributed by atoms with Crippen LogP contribution in [0.2, 0.25) is 0 Å². The van der Waals surface area contributed by atoms with Gasteiger partial charge in [-0.15, -0.1) is 0 Å². The molecule has 0 saturated carbocycles. The van der Waals surface area contributed by atoms with Gasteiger partial charge in [0.2, 0.25) is 6.10 Å². The first-order valence-corrected chi connectivity index (χ1v) is 8.72. The van der Waals surface area contributed by atoms with Crippen LogP contribution in [0, 0.1) is 5.82 Å². The van der Waals surface area contributed by atoms with E-state index in [1.54, 1.807) is 24.3 Å². The first-order chi connectivity index (χ1) is 12.6. The number of nitrogens with zero attached hydrogens (tertiary/aromatic N) is 1. The first-order valence-electron chi connectivity index (χ1n) is 8.72. The molecule has 1 N–H and O–H groups in total. The highest BCUT2D eigenvalue weighted by Crippen LogP contribution is 2.33. The zero-order valence-corrected chi connectivity index (χ0v) is 14.9. The lowest BCUT2D eigenvalue weighted by atomic mass is 10.1. The second-order valence-electron chi connectivity index (χ2n) is 6.33. The molecule has 1 heterocycles. The zero-order valence-electron chi connectivity index (χ0n) is 14.9. The SMILES string of the molecule is CC1Oc2ccccc2OC1C(=O)NCCCN(C)c1ccccc1F. The van der Waals surface area contributed by atoms with Crippen LogP contribution in [0.5, 0.6) is 11.5 Å². The summed E-state index contributed by atoms with van der Waals surface area (Å²) < 4.78 is 25.3. The molecule has 0 radical (unpaired) electrons. The molecule has 1 aliphatic heterocycles. The summed E-state index contributed by atoms with van der Waals surface area (Å²) in [5, 5.41) is 2.87. The van der Waals surface area contributed by atoms with Crippen LogP contribution in [0.1, 0.15) is 13.3 Å². The van der Waals surface area contributed by atoms with Crippen molar-refractivity contribution >= 4 is 11.6 Å². The van der Waals surface area contributed by atoms with E-state index in [-0.39, 0.29) is 17.8 Å². The number of rotatable bonds is 6. The van der Waals surface area contributed by atoms with Crippen molar-refractivity contribution in [3.8, 4) is 11.5 Å². The van der Waals surface area contributed by atoms with E-state index in [0.29, 0.717) is 36.7 Å². The number of halogens is 1. The highest BCUT2D eigenvalue weighted by atomic mass is 19.1. The topological polar surface area (TPSA) is 50.8 Å². The fourth-order valence-electron chi connectivity index (χ4n) is 2.92. The average Bonchev–Trinajstić information content (AvgIpc) is 2.64. The zero-order chi connectivity index (χ0) is 18.5. The van der Waals surface area contributed by atoms with E-state index in [1.807, 2.05) is 37.1 Å². The number of hydrogen-bond donors (Lipinski definition) is 1. The van der Waals surface area contributed by atoms with Crippen LogP contribution >= 0.6 is 0 Å². The Labute approximate surface area is 152 Å². The monoisotopic (exact) mass is 358 g/mol. The van der Waals surface area contributed by atoms with Gasteiger partial charge in [0, 0.05) is 20.1 Å². The Bertz CT molecular complexity index is 768. The van der Waals surface area contributed by atoms with Gasteiger partial charge in [-0.1, -0.05) is 24.3 Å². The molecular formula is C20H23FN2O3. The second-order valence-corrected chi connectivity index (χ2v) is 6.33. The summed E-state index contributed by atoms with van der Waals surface area (Å²) in [6, 6.07) is 13.9. The lowest BCUT2D eigenvalue weighted by Crippen LogP contribution is -2.49. The van der Waals surface area contributed by atoms with Crippen LogP contribution in [0.25, 0.3) is 0 Å². The molecule has 0 bridgehead atoms. The van der Waals surface area contributed by atoms with Crippen molar-refractivity contribution in [2.75, 3.05) is 25.0 Å². The average molecular weight is 358 g/mol. The number of carbonyl (C=O) groups is 1. The van der Waals surface area contributed by atoms with Gasteiger partial charge in [-0.25, -0.2) is 4.39 Å². The lowest BCUT2D eigenvalue weighted by Gasteiger charge is -2.31. The molecule has 2 atom stereocenters. The summed E-state index contributed by atoms with van der Waals surface area (Å²) in [6.07, 6.45) is -0.366. The number of para-hydroxylation sites is 3. The summed E-state index contributed by atoms with van der Waals surface area (Å²) in [5.41, 5.74) is 0.549. The Morgan fingerprint density at radius 2 is 1.77 bits per heavy atom. The number of carbonyl (C=O) groups excluding carboxylic acids is 1. The molecule has 26 heavy (non-hydrogen) atoms. The summed E-state index contributed by atoms with van der Waals surface area (Å²) in [4.78, 5) is 14.2. The normalized spacial score (nSPS) is 18.3. The number of anilines is 1. The van der Waals surface area contributed by atoms with Gasteiger partial charge in [0.25, 0.3) is 5.91 Å². The van der Waals surface area contributed by atoms with E-state index < -0.39 is 6.10 Å². The van der Waals surface area contributed by atoms with E-state index in [9.17, 15) is 9.18 Å². The molecule has 5 nitrogen and oxygen atoms in total. The maximum Gasteiger partial charge on any atom is 0.265 e. The first kappa shape index (κ1) is 18.0. The fraction of sp³-hybridized carbons (Fsp3) is 0.350. The van der Waals surface area contributed by atoms with E-state index in [1.165, 1.54) is 6.07 Å². The van der Waals surface area contributed by atoms with Crippen molar-refractivity contribution in [2.45, 2.75) is 25.6 Å². The van der Waals surface area contributed by atoms with Gasteiger partial charge >= 0.3 is 0 Å². The molecular weight excluding hydrogens is 335 g/mol. The number of amides is 1. The van der Waals surface area contributed by atoms with Crippen molar-refractivity contribution in [2.24, 2.45) is 0 Å². The van der Waals surface area contributed by atoms with Crippen molar-refractivity contribution in [3.63, 3.8) is 0 Å². The van der Waals surface area contributed by atoms with Gasteiger partial charge in [-0.3, -0.25) is 4.79 Å². The van der Waals surface area contributed by atoms with Gasteiger partial charge < -0.3 is 19.7 Å². The number of fused-ring (bicyclic) bond motifs is 1. The van der Waals surface area contributed by atoms with Crippen molar-refractivity contribution < 1.29 is 18.7 Å². The smallest absolute Gasteiger partial charge is 0.265 e. The Balaban J connectivity index is 1.47. The number of nitrogens with one attached hydrogen (secondary N) is 1. The molecule has 2 aromatic carbocycles. The second kappa shape index (κ2) is 8.08. The van der Waals surface area contributed by atoms with E-state index >= 15 is 0 Å². The molecule has 1 aliphatic rings. The third kappa shape index (κ3) is 4.07. The van der Waals surface area contributed by atoms with Crippen LogP contribution in [-0.2, 0) is 4.79 Å². The van der Waals surface area contributed by atoms with Gasteiger partial charge in [-0.2, -0.15) is 0 Å². The minimum atomic E-state index is -0.686. The molecule has 0 aromatic heterocycles. The third-order valence-corrected chi connectivity index (χ3v) is 4.33. The number of benzene rings is 2. The maximum absolute atomic E-state index is 13.7. The summed E-state index contributed by atoms with van der Waals surface area (Å²) in [7, 11) is 1.83. The van der Waals surface area contributed by atoms with Gasteiger partial charge in [0.15, 0.2) is 11.5 Å². The summed E-state index contributed by atoms with van der Waals surface area (Å²) in [5.74, 6) is 0.764. The predicted octanol–water partition coefficient (Wildman–Crippen LogP) is 3.00. The van der Waals surface area contributed by atoms with Crippen LogP contribution in [0.4, 0.5) is 10.1 Å². The highest BCUT2D eigenvalue weighted by Gasteiger charge is 2.33. The predicted molar refractivity (Wildman–Crippen MR) is 98.2 cm³/mol. The summed E-state index contributed by atoms with van der Waals surface area (Å²) in [6.45, 7) is 2.92. The van der Waals surface area contributed by atoms with Crippen LogP contribution in [0.3, 0.4) is 0 Å². The molecule has 2 unspecified atom stereocenters. The lowest BCUT2D eigenvalue weighted by molar-refractivity contribution is -0.133. The molecule has 2 aromatic rings. The summed E-state index contributed by atoms with van der Waals surface area (Å²) >= 11 is 0. The Morgan fingerprint density at radius 3 is 2.50 bits per heavy atom. The van der Waals surface area contributed by atoms with Crippen molar-refractivity contribution in [1.29, 1.82) is 0 Å². The van der Waals surface area contributed by atoms with Gasteiger partial charge in [0.1, 0.15) is 11.9 Å². The molecule has 3 rings (SSSR count). The molecule has 0 fully saturated rings. The Kier molecular flexibility index (Phi) is 5.61. The number of ether oxygens (including phenoxy) is 2. The molecule has 138 valence electrons. The standard InChI is InChI=1S/C20H23FN2O3/c1-14-19(26-18-11-6-5-10-17(18)25-14)20(24)22-12-7-13-23(2)16-9-4-3-8-15(16)21/h3-6,8-11,14,19H,7,12-13H2,1-2H3,(H,22,24). The molecule has 0 spiro atoms. The fourth-order valence-corrected chi connectivity index (χ4v) is 2.92. The number of hydrogen-bond acceptors (Lipinski definition) is 4. The molecule has 1 amide bonds.